The van der Waals surface area contributed by atoms with E-state index in [0.717, 1.165) is 22.4 Å². The van der Waals surface area contributed by atoms with Crippen molar-refractivity contribution in [3.8, 4) is 0 Å². The van der Waals surface area contributed by atoms with Crippen molar-refractivity contribution in [1.29, 1.82) is 0 Å². The van der Waals surface area contributed by atoms with Gasteiger partial charge in [0.05, 0.1) is 0 Å². The van der Waals surface area contributed by atoms with Crippen LogP contribution < -0.4 is 10.6 Å². The van der Waals surface area contributed by atoms with Gasteiger partial charge in [0.15, 0.2) is 5.96 Å². The lowest BCUT2D eigenvalue weighted by atomic mass is 10.2. The van der Waals surface area contributed by atoms with Crippen LogP contribution in [0.2, 0.25) is 0 Å². The number of guanidine groups is 1. The molecular formula is C17H27BrN4O. The average molecular weight is 383 g/mol. The molecule has 23 heavy (non-hydrogen) atoms. The number of carbonyl (C=O) groups is 1. The number of nitrogens with one attached hydrogen (secondary N) is 2. The van der Waals surface area contributed by atoms with Crippen LogP contribution in [0.4, 0.5) is 0 Å². The number of hydrogen-bond donors (Lipinski definition) is 2. The van der Waals surface area contributed by atoms with E-state index in [0.29, 0.717) is 25.6 Å². The van der Waals surface area contributed by atoms with Crippen molar-refractivity contribution < 1.29 is 4.79 Å². The van der Waals surface area contributed by atoms with Crippen molar-refractivity contribution in [2.24, 2.45) is 4.99 Å². The van der Waals surface area contributed by atoms with Gasteiger partial charge in [-0.2, -0.15) is 0 Å². The Morgan fingerprint density at radius 2 is 2.09 bits per heavy atom. The van der Waals surface area contributed by atoms with E-state index in [2.05, 4.69) is 45.4 Å². The van der Waals surface area contributed by atoms with Crippen LogP contribution in [0, 0.1) is 0 Å². The number of amides is 1. The highest BCUT2D eigenvalue weighted by atomic mass is 79.9. The van der Waals surface area contributed by atoms with Gasteiger partial charge in [0.2, 0.25) is 5.91 Å². The van der Waals surface area contributed by atoms with E-state index in [9.17, 15) is 4.79 Å². The third-order valence-electron chi connectivity index (χ3n) is 3.64. The standard InChI is InChI=1S/C17H27BrN4O/c1-5-13(2)21-17(19-3)20-11-10-16(23)22(4)12-14-8-6-7-9-15(14)18/h6-9,13H,5,10-12H2,1-4H3,(H2,19,20,21). The minimum absolute atomic E-state index is 0.104. The topological polar surface area (TPSA) is 56.7 Å². The van der Waals surface area contributed by atoms with Crippen molar-refractivity contribution in [3.63, 3.8) is 0 Å². The maximum atomic E-state index is 12.2. The van der Waals surface area contributed by atoms with Crippen molar-refractivity contribution >= 4 is 27.8 Å². The molecule has 0 saturated carbocycles. The van der Waals surface area contributed by atoms with Gasteiger partial charge < -0.3 is 15.5 Å². The van der Waals surface area contributed by atoms with Gasteiger partial charge in [-0.05, 0) is 25.0 Å². The minimum atomic E-state index is 0.104. The van der Waals surface area contributed by atoms with Crippen molar-refractivity contribution in [2.75, 3.05) is 20.6 Å². The van der Waals surface area contributed by atoms with Crippen molar-refractivity contribution in [1.82, 2.24) is 15.5 Å². The number of rotatable bonds is 7. The third kappa shape index (κ3) is 7.03. The summed E-state index contributed by atoms with van der Waals surface area (Å²) in [7, 11) is 3.56. The third-order valence-corrected chi connectivity index (χ3v) is 4.42. The van der Waals surface area contributed by atoms with Crippen LogP contribution >= 0.6 is 15.9 Å². The molecule has 0 spiro atoms. The number of hydrogen-bond acceptors (Lipinski definition) is 2. The Morgan fingerprint density at radius 1 is 1.39 bits per heavy atom. The fourth-order valence-corrected chi connectivity index (χ4v) is 2.39. The second-order valence-corrected chi connectivity index (χ2v) is 6.40. The number of halogens is 1. The number of carbonyl (C=O) groups excluding carboxylic acids is 1. The van der Waals surface area contributed by atoms with Crippen LogP contribution in [0.1, 0.15) is 32.3 Å². The van der Waals surface area contributed by atoms with Gasteiger partial charge in [-0.3, -0.25) is 9.79 Å². The Labute approximate surface area is 147 Å². The van der Waals surface area contributed by atoms with Gasteiger partial charge in [0.1, 0.15) is 0 Å². The van der Waals surface area contributed by atoms with Gasteiger partial charge in [-0.25, -0.2) is 0 Å². The zero-order valence-electron chi connectivity index (χ0n) is 14.4. The SMILES string of the molecule is CCC(C)NC(=NC)NCCC(=O)N(C)Cc1ccccc1Br. The normalized spacial score (nSPS) is 12.7. The summed E-state index contributed by atoms with van der Waals surface area (Å²) in [6.07, 6.45) is 1.45. The summed E-state index contributed by atoms with van der Waals surface area (Å²) in [5.41, 5.74) is 1.10. The van der Waals surface area contributed by atoms with Gasteiger partial charge in [-0.15, -0.1) is 0 Å². The molecule has 1 atom stereocenters. The Bertz CT molecular complexity index is 533. The van der Waals surface area contributed by atoms with Crippen LogP contribution in [0.15, 0.2) is 33.7 Å². The first-order valence-corrected chi connectivity index (χ1v) is 8.71. The van der Waals surface area contributed by atoms with E-state index in [1.165, 1.54) is 0 Å². The molecule has 0 heterocycles. The molecule has 1 aromatic rings. The molecule has 1 amide bonds. The Hall–Kier alpha value is -1.56. The lowest BCUT2D eigenvalue weighted by Gasteiger charge is -2.19. The van der Waals surface area contributed by atoms with Gasteiger partial charge in [0, 0.05) is 44.1 Å². The molecule has 0 saturated heterocycles. The minimum Gasteiger partial charge on any atom is -0.356 e. The second kappa shape index (κ2) is 10.3. The summed E-state index contributed by atoms with van der Waals surface area (Å²) in [5.74, 6) is 0.841. The second-order valence-electron chi connectivity index (χ2n) is 5.54. The monoisotopic (exact) mass is 382 g/mol. The van der Waals surface area contributed by atoms with E-state index in [-0.39, 0.29) is 5.91 Å². The Kier molecular flexibility index (Phi) is 8.69. The number of benzene rings is 1. The smallest absolute Gasteiger partial charge is 0.224 e. The molecule has 2 N–H and O–H groups in total. The fourth-order valence-electron chi connectivity index (χ4n) is 1.98. The molecule has 0 aliphatic heterocycles. The summed E-state index contributed by atoms with van der Waals surface area (Å²) in [4.78, 5) is 18.1. The summed E-state index contributed by atoms with van der Waals surface area (Å²) < 4.78 is 1.02. The summed E-state index contributed by atoms with van der Waals surface area (Å²) >= 11 is 3.51. The molecule has 0 bridgehead atoms. The molecule has 0 aliphatic rings. The maximum absolute atomic E-state index is 12.2. The lowest BCUT2D eigenvalue weighted by Crippen LogP contribution is -2.43. The van der Waals surface area contributed by atoms with E-state index in [1.807, 2.05) is 31.3 Å². The van der Waals surface area contributed by atoms with Gasteiger partial charge in [-0.1, -0.05) is 41.1 Å². The molecule has 0 radical (unpaired) electrons. The first-order chi connectivity index (χ1) is 11.0. The molecule has 128 valence electrons. The van der Waals surface area contributed by atoms with E-state index < -0.39 is 0 Å². The van der Waals surface area contributed by atoms with Crippen molar-refractivity contribution in [3.05, 3.63) is 34.3 Å². The molecule has 0 fully saturated rings. The Morgan fingerprint density at radius 3 is 2.70 bits per heavy atom. The molecule has 5 nitrogen and oxygen atoms in total. The zero-order chi connectivity index (χ0) is 17.2. The Balaban J connectivity index is 2.39. The van der Waals surface area contributed by atoms with E-state index in [1.54, 1.807) is 11.9 Å². The quantitative estimate of drug-likeness (QED) is 0.562. The molecule has 0 aromatic heterocycles. The zero-order valence-corrected chi connectivity index (χ0v) is 16.0. The van der Waals surface area contributed by atoms with Gasteiger partial charge in [0.25, 0.3) is 0 Å². The number of nitrogens with zero attached hydrogens (tertiary/aromatic N) is 2. The van der Waals surface area contributed by atoms with E-state index in [4.69, 9.17) is 0 Å². The molecule has 1 aromatic carbocycles. The van der Waals surface area contributed by atoms with Crippen LogP contribution in [-0.4, -0.2) is 43.4 Å². The largest absolute Gasteiger partial charge is 0.356 e. The average Bonchev–Trinajstić information content (AvgIpc) is 2.55. The molecule has 1 unspecified atom stereocenters. The highest BCUT2D eigenvalue weighted by molar-refractivity contribution is 9.10. The van der Waals surface area contributed by atoms with Crippen LogP contribution in [0.25, 0.3) is 0 Å². The first-order valence-electron chi connectivity index (χ1n) is 7.92. The van der Waals surface area contributed by atoms with E-state index >= 15 is 0 Å². The van der Waals surface area contributed by atoms with Gasteiger partial charge >= 0.3 is 0 Å². The van der Waals surface area contributed by atoms with Crippen LogP contribution in [-0.2, 0) is 11.3 Å². The molecular weight excluding hydrogens is 356 g/mol. The van der Waals surface area contributed by atoms with Crippen LogP contribution in [0.5, 0.6) is 0 Å². The predicted octanol–water partition coefficient (Wildman–Crippen LogP) is 2.76. The van der Waals surface area contributed by atoms with Crippen molar-refractivity contribution in [2.45, 2.75) is 39.3 Å². The van der Waals surface area contributed by atoms with Crippen LogP contribution in [0.3, 0.4) is 0 Å². The highest BCUT2D eigenvalue weighted by Gasteiger charge is 2.11. The summed E-state index contributed by atoms with van der Waals surface area (Å²) in [6, 6.07) is 8.30. The highest BCUT2D eigenvalue weighted by Crippen LogP contribution is 2.17. The molecule has 6 heteroatoms. The summed E-state index contributed by atoms with van der Waals surface area (Å²) in [6.45, 7) is 5.38. The first kappa shape index (κ1) is 19.5. The molecule has 1 rings (SSSR count). The predicted molar refractivity (Wildman–Crippen MR) is 99.5 cm³/mol. The lowest BCUT2D eigenvalue weighted by molar-refractivity contribution is -0.130. The summed E-state index contributed by atoms with van der Waals surface area (Å²) in [5, 5.41) is 6.45. The number of aliphatic imine (C=N–C) groups is 1. The fraction of sp³-hybridized carbons (Fsp3) is 0.529. The maximum Gasteiger partial charge on any atom is 0.224 e. The molecule has 0 aliphatic carbocycles.